The fraction of sp³-hybridized carbons (Fsp3) is 0.769. The van der Waals surface area contributed by atoms with E-state index in [4.69, 9.17) is 5.11 Å². The van der Waals surface area contributed by atoms with Crippen molar-refractivity contribution >= 4 is 41.3 Å². The van der Waals surface area contributed by atoms with Gasteiger partial charge in [-0.15, -0.1) is 11.8 Å². The van der Waals surface area contributed by atoms with E-state index < -0.39 is 0 Å². The number of aliphatic hydroxyl groups is 1. The Morgan fingerprint density at radius 3 is 2.81 bits per heavy atom. The highest BCUT2D eigenvalue weighted by atomic mass is 32.2. The molecule has 1 N–H and O–H groups in total. The van der Waals surface area contributed by atoms with Crippen LogP contribution in [-0.4, -0.2) is 70.6 Å². The van der Waals surface area contributed by atoms with Gasteiger partial charge in [-0.2, -0.15) is 11.8 Å². The van der Waals surface area contributed by atoms with Crippen LogP contribution in [0.25, 0.3) is 0 Å². The number of amides is 2. The van der Waals surface area contributed by atoms with Gasteiger partial charge in [-0.25, -0.2) is 0 Å². The number of nitrogens with zero attached hydrogens (tertiary/aromatic N) is 1. The third-order valence-corrected chi connectivity index (χ3v) is 5.22. The van der Waals surface area contributed by atoms with E-state index in [-0.39, 0.29) is 36.1 Å². The highest BCUT2D eigenvalue weighted by Gasteiger charge is 2.37. The summed E-state index contributed by atoms with van der Waals surface area (Å²) in [6.45, 7) is 0.443. The minimum atomic E-state index is -0.336. The minimum Gasteiger partial charge on any atom is -0.469 e. The molecule has 6 nitrogen and oxygen atoms in total. The van der Waals surface area contributed by atoms with E-state index in [1.54, 1.807) is 11.8 Å². The Hall–Kier alpha value is -0.730. The van der Waals surface area contributed by atoms with Gasteiger partial charge in [0, 0.05) is 24.5 Å². The van der Waals surface area contributed by atoms with Crippen LogP contribution in [0.1, 0.15) is 19.3 Å². The molecule has 0 radical (unpaired) electrons. The zero-order valence-corrected chi connectivity index (χ0v) is 13.7. The number of aliphatic hydroxyl groups excluding tert-OH is 1. The summed E-state index contributed by atoms with van der Waals surface area (Å²) >= 11 is 2.94. The number of methoxy groups -OCH3 is 1. The zero-order valence-electron chi connectivity index (χ0n) is 12.1. The molecule has 2 amide bonds. The highest BCUT2D eigenvalue weighted by Crippen LogP contribution is 2.25. The maximum absolute atomic E-state index is 12.0. The van der Waals surface area contributed by atoms with E-state index in [1.807, 2.05) is 0 Å². The fourth-order valence-electron chi connectivity index (χ4n) is 1.90. The normalized spacial score (nSPS) is 18.4. The summed E-state index contributed by atoms with van der Waals surface area (Å²) in [5, 5.41) is 8.42. The Morgan fingerprint density at radius 1 is 1.38 bits per heavy atom. The van der Waals surface area contributed by atoms with Crippen molar-refractivity contribution < 1.29 is 24.2 Å². The summed E-state index contributed by atoms with van der Waals surface area (Å²) in [5.41, 5.74) is 0. The van der Waals surface area contributed by atoms with Gasteiger partial charge in [0.25, 0.3) is 0 Å². The Labute approximate surface area is 133 Å². The smallest absolute Gasteiger partial charge is 0.306 e. The third-order valence-electron chi connectivity index (χ3n) is 2.96. The number of ether oxygens (including phenoxy) is 1. The van der Waals surface area contributed by atoms with Crippen LogP contribution in [0.4, 0.5) is 0 Å². The van der Waals surface area contributed by atoms with Gasteiger partial charge in [-0.1, -0.05) is 0 Å². The van der Waals surface area contributed by atoms with E-state index in [9.17, 15) is 14.4 Å². The van der Waals surface area contributed by atoms with Crippen LogP contribution in [0, 0.1) is 0 Å². The lowest BCUT2D eigenvalue weighted by Gasteiger charge is -2.14. The number of likely N-dealkylation sites (tertiary alicyclic amines) is 1. The van der Waals surface area contributed by atoms with Crippen LogP contribution in [0.2, 0.25) is 0 Å². The van der Waals surface area contributed by atoms with Gasteiger partial charge in [0.15, 0.2) is 0 Å². The molecule has 0 aromatic rings. The predicted molar refractivity (Wildman–Crippen MR) is 83.2 cm³/mol. The second-order valence-electron chi connectivity index (χ2n) is 4.46. The zero-order chi connectivity index (χ0) is 15.7. The van der Waals surface area contributed by atoms with Crippen LogP contribution < -0.4 is 0 Å². The molecule has 0 aromatic heterocycles. The number of thioether (sulfide) groups is 2. The molecule has 1 saturated heterocycles. The molecule has 8 heteroatoms. The van der Waals surface area contributed by atoms with Gasteiger partial charge in [-0.3, -0.25) is 19.3 Å². The van der Waals surface area contributed by atoms with Gasteiger partial charge in [0.2, 0.25) is 11.8 Å². The van der Waals surface area contributed by atoms with Crippen molar-refractivity contribution in [3.05, 3.63) is 0 Å². The molecule has 0 aliphatic carbocycles. The first-order valence-corrected chi connectivity index (χ1v) is 9.01. The van der Waals surface area contributed by atoms with Gasteiger partial charge >= 0.3 is 5.97 Å². The molecule has 120 valence electrons. The standard InChI is InChI=1S/C13H21NO5S2/c1-19-12(17)3-7-20-6-2-4-14-11(16)9-10(13(14)18)21-8-5-15/h10,15H,2-9H2,1H3. The molecule has 21 heavy (non-hydrogen) atoms. The molecule has 0 aromatic carbocycles. The van der Waals surface area contributed by atoms with Crippen molar-refractivity contribution in [2.45, 2.75) is 24.5 Å². The number of hydrogen-bond acceptors (Lipinski definition) is 7. The first-order valence-electron chi connectivity index (χ1n) is 6.81. The highest BCUT2D eigenvalue weighted by molar-refractivity contribution is 8.00. The van der Waals surface area contributed by atoms with E-state index in [0.29, 0.717) is 24.5 Å². The number of hydrogen-bond donors (Lipinski definition) is 1. The molecule has 1 aliphatic heterocycles. The van der Waals surface area contributed by atoms with E-state index >= 15 is 0 Å². The predicted octanol–water partition coefficient (Wildman–Crippen LogP) is 0.526. The summed E-state index contributed by atoms with van der Waals surface area (Å²) in [7, 11) is 1.36. The monoisotopic (exact) mass is 335 g/mol. The maximum atomic E-state index is 12.0. The first kappa shape index (κ1) is 18.3. The maximum Gasteiger partial charge on any atom is 0.306 e. The summed E-state index contributed by atoms with van der Waals surface area (Å²) in [6.07, 6.45) is 1.34. The van der Waals surface area contributed by atoms with Gasteiger partial charge in [0.1, 0.15) is 0 Å². The lowest BCUT2D eigenvalue weighted by Crippen LogP contribution is -2.32. The van der Waals surface area contributed by atoms with Crippen molar-refractivity contribution in [2.24, 2.45) is 0 Å². The number of rotatable bonds is 10. The first-order chi connectivity index (χ1) is 10.1. The number of carbonyl (C=O) groups excluding carboxylic acids is 3. The van der Waals surface area contributed by atoms with Gasteiger partial charge in [0.05, 0.1) is 25.4 Å². The van der Waals surface area contributed by atoms with Crippen molar-refractivity contribution in [3.63, 3.8) is 0 Å². The van der Waals surface area contributed by atoms with Gasteiger partial charge in [-0.05, 0) is 12.2 Å². The molecule has 0 saturated carbocycles. The van der Waals surface area contributed by atoms with E-state index in [2.05, 4.69) is 4.74 Å². The van der Waals surface area contributed by atoms with Crippen molar-refractivity contribution in [2.75, 3.05) is 37.5 Å². The van der Waals surface area contributed by atoms with E-state index in [0.717, 1.165) is 12.2 Å². The molecule has 1 unspecified atom stereocenters. The lowest BCUT2D eigenvalue weighted by atomic mass is 10.4. The molecule has 0 spiro atoms. The van der Waals surface area contributed by atoms with Crippen LogP contribution in [-0.2, 0) is 19.1 Å². The number of carbonyl (C=O) groups is 3. The summed E-state index contributed by atoms with van der Waals surface area (Å²) in [4.78, 5) is 36.0. The second-order valence-corrected chi connectivity index (χ2v) is 7.00. The topological polar surface area (TPSA) is 83.9 Å². The quantitative estimate of drug-likeness (QED) is 0.354. The SMILES string of the molecule is COC(=O)CCSCCCN1C(=O)CC(SCCO)C1=O. The van der Waals surface area contributed by atoms with Crippen LogP contribution in [0.3, 0.4) is 0 Å². The lowest BCUT2D eigenvalue weighted by molar-refractivity contribution is -0.140. The fourth-order valence-corrected chi connectivity index (χ4v) is 3.67. The molecular weight excluding hydrogens is 314 g/mol. The molecular formula is C13H21NO5S2. The molecule has 1 fully saturated rings. The summed E-state index contributed by atoms with van der Waals surface area (Å²) in [5.74, 6) is 1.46. The van der Waals surface area contributed by atoms with E-state index in [1.165, 1.54) is 23.8 Å². The Morgan fingerprint density at radius 2 is 2.14 bits per heavy atom. The summed E-state index contributed by atoms with van der Waals surface area (Å²) in [6, 6.07) is 0. The van der Waals surface area contributed by atoms with Crippen molar-refractivity contribution in [3.8, 4) is 0 Å². The van der Waals surface area contributed by atoms with Gasteiger partial charge < -0.3 is 9.84 Å². The third kappa shape index (κ3) is 6.27. The average Bonchev–Trinajstić information content (AvgIpc) is 2.75. The van der Waals surface area contributed by atoms with Crippen molar-refractivity contribution in [1.29, 1.82) is 0 Å². The Bertz CT molecular complexity index is 378. The second kappa shape index (κ2) is 10.1. The molecule has 0 bridgehead atoms. The average molecular weight is 335 g/mol. The van der Waals surface area contributed by atoms with Crippen LogP contribution in [0.15, 0.2) is 0 Å². The molecule has 1 heterocycles. The Balaban J connectivity index is 2.18. The van der Waals surface area contributed by atoms with Crippen LogP contribution >= 0.6 is 23.5 Å². The van der Waals surface area contributed by atoms with Crippen molar-refractivity contribution in [1.82, 2.24) is 4.90 Å². The molecule has 1 aliphatic rings. The largest absolute Gasteiger partial charge is 0.469 e. The number of esters is 1. The number of imide groups is 1. The summed E-state index contributed by atoms with van der Waals surface area (Å²) < 4.78 is 4.54. The Kier molecular flexibility index (Phi) is 8.79. The molecule has 1 atom stereocenters. The molecule has 1 rings (SSSR count). The van der Waals surface area contributed by atoms with Crippen LogP contribution in [0.5, 0.6) is 0 Å². The minimum absolute atomic E-state index is 0.0134.